The number of hydrogen-bond donors (Lipinski definition) is 3. The SMILES string of the molecule is CC(C)(N)C(=O)N1CC2COCC1CN2C(=O)Nc1ccn(-c2ccc(CN3CCC(N)CC3)cc2)c(=O)n1. The zero-order valence-corrected chi connectivity index (χ0v) is 22.6. The van der Waals surface area contributed by atoms with Crippen LogP contribution in [-0.4, -0.2) is 99.2 Å². The smallest absolute Gasteiger partial charge is 0.354 e. The maximum atomic E-state index is 13.1. The van der Waals surface area contributed by atoms with Crippen LogP contribution in [0.4, 0.5) is 10.6 Å². The lowest BCUT2D eigenvalue weighted by molar-refractivity contribution is -0.141. The molecule has 2 unspecified atom stereocenters. The van der Waals surface area contributed by atoms with Gasteiger partial charge in [0.1, 0.15) is 5.82 Å². The van der Waals surface area contributed by atoms with Crippen molar-refractivity contribution in [3.63, 3.8) is 0 Å². The molecule has 6 rings (SSSR count). The Morgan fingerprint density at radius 3 is 2.33 bits per heavy atom. The van der Waals surface area contributed by atoms with Crippen LogP contribution >= 0.6 is 0 Å². The minimum atomic E-state index is -1.01. The predicted octanol–water partition coefficient (Wildman–Crippen LogP) is 0.336. The van der Waals surface area contributed by atoms with E-state index in [1.54, 1.807) is 35.9 Å². The summed E-state index contributed by atoms with van der Waals surface area (Å²) in [4.78, 5) is 48.6. The molecule has 12 heteroatoms. The third kappa shape index (κ3) is 6.14. The Morgan fingerprint density at radius 2 is 1.69 bits per heavy atom. The highest BCUT2D eigenvalue weighted by Gasteiger charge is 2.44. The fraction of sp³-hybridized carbons (Fsp3) is 0.556. The van der Waals surface area contributed by atoms with Crippen LogP contribution in [-0.2, 0) is 16.1 Å². The van der Waals surface area contributed by atoms with Crippen molar-refractivity contribution in [1.82, 2.24) is 24.3 Å². The molecule has 1 aromatic heterocycles. The molecule has 5 heterocycles. The normalized spacial score (nSPS) is 22.6. The Hall–Kier alpha value is -3.32. The zero-order valence-electron chi connectivity index (χ0n) is 22.6. The number of hydrogen-bond acceptors (Lipinski definition) is 8. The standard InChI is InChI=1S/C27H38N8O4/c1-27(2,29)24(36)34-14-22-17-39-16-21(34)15-35(22)26(38)31-23-9-12-33(25(37)30-23)20-5-3-18(4-6-20)13-32-10-7-19(28)8-11-32/h3-6,9,12,19,21-22H,7-8,10-11,13-17,28-29H2,1-2H3,(H,30,31,37,38). The lowest BCUT2D eigenvalue weighted by Gasteiger charge is -2.44. The van der Waals surface area contributed by atoms with Crippen molar-refractivity contribution in [2.75, 3.05) is 44.7 Å². The molecular weight excluding hydrogens is 500 g/mol. The van der Waals surface area contributed by atoms with Crippen molar-refractivity contribution < 1.29 is 14.3 Å². The molecule has 4 aliphatic rings. The highest BCUT2D eigenvalue weighted by Crippen LogP contribution is 2.24. The number of nitrogens with two attached hydrogens (primary N) is 2. The summed E-state index contributed by atoms with van der Waals surface area (Å²) >= 11 is 0. The number of piperidine rings is 1. The largest absolute Gasteiger partial charge is 0.377 e. The second-order valence-corrected chi connectivity index (χ2v) is 11.4. The summed E-state index contributed by atoms with van der Waals surface area (Å²) in [6.45, 7) is 7.49. The van der Waals surface area contributed by atoms with Crippen LogP contribution in [0.5, 0.6) is 0 Å². The van der Waals surface area contributed by atoms with E-state index in [9.17, 15) is 14.4 Å². The van der Waals surface area contributed by atoms with Gasteiger partial charge >= 0.3 is 11.7 Å². The van der Waals surface area contributed by atoms with Crippen LogP contribution < -0.4 is 22.5 Å². The summed E-state index contributed by atoms with van der Waals surface area (Å²) < 4.78 is 7.15. The topological polar surface area (TPSA) is 152 Å². The zero-order chi connectivity index (χ0) is 27.7. The minimum absolute atomic E-state index is 0.165. The summed E-state index contributed by atoms with van der Waals surface area (Å²) in [6, 6.07) is 8.73. The molecule has 2 atom stereocenters. The van der Waals surface area contributed by atoms with E-state index < -0.39 is 11.2 Å². The third-order valence-electron chi connectivity index (χ3n) is 7.68. The first-order chi connectivity index (χ1) is 18.6. The maximum Gasteiger partial charge on any atom is 0.354 e. The second-order valence-electron chi connectivity index (χ2n) is 11.4. The van der Waals surface area contributed by atoms with Gasteiger partial charge < -0.3 is 26.0 Å². The fourth-order valence-electron chi connectivity index (χ4n) is 5.42. The lowest BCUT2D eigenvalue weighted by atomic mass is 10.0. The first kappa shape index (κ1) is 27.3. The van der Waals surface area contributed by atoms with Gasteiger partial charge in [-0.25, -0.2) is 9.59 Å². The molecule has 4 aliphatic heterocycles. The number of urea groups is 1. The van der Waals surface area contributed by atoms with E-state index in [0.29, 0.717) is 38.0 Å². The van der Waals surface area contributed by atoms with Gasteiger partial charge in [-0.05, 0) is 63.5 Å². The van der Waals surface area contributed by atoms with Gasteiger partial charge in [-0.3, -0.25) is 19.6 Å². The molecule has 1 aromatic carbocycles. The molecule has 0 spiro atoms. The first-order valence-corrected chi connectivity index (χ1v) is 13.5. The number of piperazine rings is 1. The van der Waals surface area contributed by atoms with Crippen molar-refractivity contribution in [3.8, 4) is 5.69 Å². The molecule has 2 bridgehead atoms. The summed E-state index contributed by atoms with van der Waals surface area (Å²) in [5, 5.41) is 2.74. The molecule has 2 aromatic rings. The Balaban J connectivity index is 1.22. The van der Waals surface area contributed by atoms with Crippen LogP contribution in [0.2, 0.25) is 0 Å². The number of carbonyl (C=O) groups is 2. The highest BCUT2D eigenvalue weighted by molar-refractivity contribution is 5.89. The van der Waals surface area contributed by atoms with Crippen molar-refractivity contribution >= 4 is 17.8 Å². The number of fused-ring (bicyclic) bond motifs is 4. The van der Waals surface area contributed by atoms with Crippen molar-refractivity contribution in [2.24, 2.45) is 11.5 Å². The Labute approximate surface area is 227 Å². The van der Waals surface area contributed by atoms with Crippen molar-refractivity contribution in [2.45, 2.75) is 56.9 Å². The summed E-state index contributed by atoms with van der Waals surface area (Å²) in [6.07, 6.45) is 3.63. The Bertz CT molecular complexity index is 1250. The molecule has 5 N–H and O–H groups in total. The number of likely N-dealkylation sites (tertiary alicyclic amines) is 1. The number of carbonyl (C=O) groups excluding carboxylic acids is 2. The molecule has 210 valence electrons. The van der Waals surface area contributed by atoms with E-state index in [4.69, 9.17) is 16.2 Å². The maximum absolute atomic E-state index is 13.1. The number of anilines is 1. The average molecular weight is 539 g/mol. The number of nitrogens with zero attached hydrogens (tertiary/aromatic N) is 5. The van der Waals surface area contributed by atoms with Gasteiger partial charge in [0.05, 0.1) is 36.5 Å². The molecule has 0 saturated carbocycles. The number of amides is 3. The predicted molar refractivity (Wildman–Crippen MR) is 146 cm³/mol. The number of ether oxygens (including phenoxy) is 1. The van der Waals surface area contributed by atoms with E-state index >= 15 is 0 Å². The van der Waals surface area contributed by atoms with E-state index in [1.807, 2.05) is 24.3 Å². The lowest BCUT2D eigenvalue weighted by Crippen LogP contribution is -2.65. The van der Waals surface area contributed by atoms with Gasteiger partial charge in [-0.15, -0.1) is 0 Å². The molecule has 4 fully saturated rings. The number of rotatable bonds is 5. The summed E-state index contributed by atoms with van der Waals surface area (Å²) in [5.41, 5.74) is 12.4. The minimum Gasteiger partial charge on any atom is -0.377 e. The van der Waals surface area contributed by atoms with E-state index in [1.165, 1.54) is 10.1 Å². The van der Waals surface area contributed by atoms with E-state index in [2.05, 4.69) is 15.2 Å². The highest BCUT2D eigenvalue weighted by atomic mass is 16.5. The third-order valence-corrected chi connectivity index (χ3v) is 7.68. The van der Waals surface area contributed by atoms with Gasteiger partial charge in [0.2, 0.25) is 5.91 Å². The quantitative estimate of drug-likeness (QED) is 0.493. The second kappa shape index (κ2) is 11.0. The van der Waals surface area contributed by atoms with E-state index in [-0.39, 0.29) is 29.8 Å². The van der Waals surface area contributed by atoms with Gasteiger partial charge in [0.25, 0.3) is 0 Å². The number of nitrogens with one attached hydrogen (secondary N) is 1. The van der Waals surface area contributed by atoms with Crippen LogP contribution in [0.1, 0.15) is 32.3 Å². The summed E-state index contributed by atoms with van der Waals surface area (Å²) in [5.74, 6) is -0.00385. The monoisotopic (exact) mass is 538 g/mol. The molecule has 3 amide bonds. The molecule has 39 heavy (non-hydrogen) atoms. The molecular formula is C27H38N8O4. The van der Waals surface area contributed by atoms with Crippen molar-refractivity contribution in [3.05, 3.63) is 52.6 Å². The molecule has 4 saturated heterocycles. The average Bonchev–Trinajstić information content (AvgIpc) is 3.24. The van der Waals surface area contributed by atoms with E-state index in [0.717, 1.165) is 32.5 Å². The molecule has 12 nitrogen and oxygen atoms in total. The Morgan fingerprint density at radius 1 is 1.05 bits per heavy atom. The molecule has 0 radical (unpaired) electrons. The van der Waals surface area contributed by atoms with Crippen LogP contribution in [0.15, 0.2) is 41.3 Å². The van der Waals surface area contributed by atoms with Gasteiger partial charge in [-0.1, -0.05) is 12.1 Å². The number of benzene rings is 1. The van der Waals surface area contributed by atoms with Crippen LogP contribution in [0.25, 0.3) is 5.69 Å². The Kier molecular flexibility index (Phi) is 7.72. The van der Waals surface area contributed by atoms with Crippen LogP contribution in [0.3, 0.4) is 0 Å². The summed E-state index contributed by atoms with van der Waals surface area (Å²) in [7, 11) is 0. The molecule has 0 aliphatic carbocycles. The first-order valence-electron chi connectivity index (χ1n) is 13.5. The van der Waals surface area contributed by atoms with Crippen molar-refractivity contribution in [1.29, 1.82) is 0 Å². The van der Waals surface area contributed by atoms with Gasteiger partial charge in [0.15, 0.2) is 0 Å². The van der Waals surface area contributed by atoms with Gasteiger partial charge in [0, 0.05) is 31.9 Å². The number of aromatic nitrogens is 2. The van der Waals surface area contributed by atoms with Gasteiger partial charge in [-0.2, -0.15) is 4.98 Å². The van der Waals surface area contributed by atoms with Crippen LogP contribution in [0, 0.1) is 0 Å². The fourth-order valence-corrected chi connectivity index (χ4v) is 5.42.